The number of thiazole rings is 1. The Balaban J connectivity index is 1.48. The van der Waals surface area contributed by atoms with Crippen molar-refractivity contribution in [1.29, 1.82) is 0 Å². The van der Waals surface area contributed by atoms with Gasteiger partial charge in [-0.2, -0.15) is 0 Å². The molecule has 156 valence electrons. The van der Waals surface area contributed by atoms with Crippen LogP contribution in [0.4, 0.5) is 9.52 Å². The standard InChI is InChI=1S/C23H19FN4O2S/c1-14-7-9-25-21(15(14)2)19-13-31-23(26-19)27-22(30)17-8-10-28(20(29)11-17)12-16-3-5-18(24)6-4-16/h3-11,13H,12H2,1-2H3,(H,26,27,30). The summed E-state index contributed by atoms with van der Waals surface area (Å²) < 4.78 is 14.5. The number of halogens is 1. The van der Waals surface area contributed by atoms with Gasteiger partial charge in [-0.3, -0.25) is 19.9 Å². The van der Waals surface area contributed by atoms with Crippen molar-refractivity contribution in [3.05, 3.63) is 98.7 Å². The minimum absolute atomic E-state index is 0.238. The first kappa shape index (κ1) is 20.6. The van der Waals surface area contributed by atoms with Crippen LogP contribution in [0.15, 0.2) is 65.0 Å². The summed E-state index contributed by atoms with van der Waals surface area (Å²) in [5.74, 6) is -0.748. The molecule has 0 bridgehead atoms. The maximum Gasteiger partial charge on any atom is 0.257 e. The minimum atomic E-state index is -0.416. The van der Waals surface area contributed by atoms with Gasteiger partial charge in [-0.1, -0.05) is 12.1 Å². The molecule has 3 heterocycles. The van der Waals surface area contributed by atoms with E-state index in [1.54, 1.807) is 30.6 Å². The third-order valence-electron chi connectivity index (χ3n) is 4.97. The lowest BCUT2D eigenvalue weighted by atomic mass is 10.1. The fourth-order valence-electron chi connectivity index (χ4n) is 3.07. The van der Waals surface area contributed by atoms with Gasteiger partial charge in [0, 0.05) is 29.4 Å². The number of rotatable bonds is 5. The molecule has 0 unspecified atom stereocenters. The van der Waals surface area contributed by atoms with E-state index in [0.29, 0.717) is 17.4 Å². The van der Waals surface area contributed by atoms with Crippen LogP contribution in [0.5, 0.6) is 0 Å². The molecule has 0 fully saturated rings. The van der Waals surface area contributed by atoms with Gasteiger partial charge >= 0.3 is 0 Å². The van der Waals surface area contributed by atoms with Crippen LogP contribution < -0.4 is 10.9 Å². The quantitative estimate of drug-likeness (QED) is 0.504. The van der Waals surface area contributed by atoms with Crippen molar-refractivity contribution in [1.82, 2.24) is 14.5 Å². The molecule has 0 saturated carbocycles. The molecule has 1 N–H and O–H groups in total. The van der Waals surface area contributed by atoms with Crippen LogP contribution in [0.1, 0.15) is 27.0 Å². The molecule has 1 amide bonds. The lowest BCUT2D eigenvalue weighted by Crippen LogP contribution is -2.22. The van der Waals surface area contributed by atoms with E-state index in [2.05, 4.69) is 15.3 Å². The Morgan fingerprint density at radius 1 is 1.16 bits per heavy atom. The van der Waals surface area contributed by atoms with Gasteiger partial charge in [0.1, 0.15) is 11.5 Å². The summed E-state index contributed by atoms with van der Waals surface area (Å²) in [6.07, 6.45) is 3.28. The molecule has 1 aromatic carbocycles. The molecule has 0 aliphatic heterocycles. The van der Waals surface area contributed by atoms with Gasteiger partial charge < -0.3 is 4.57 Å². The van der Waals surface area contributed by atoms with E-state index < -0.39 is 5.91 Å². The predicted molar refractivity (Wildman–Crippen MR) is 119 cm³/mol. The van der Waals surface area contributed by atoms with Crippen molar-refractivity contribution in [3.8, 4) is 11.4 Å². The summed E-state index contributed by atoms with van der Waals surface area (Å²) in [4.78, 5) is 33.9. The zero-order chi connectivity index (χ0) is 22.0. The van der Waals surface area contributed by atoms with Crippen molar-refractivity contribution in [2.75, 3.05) is 5.32 Å². The van der Waals surface area contributed by atoms with Crippen LogP contribution >= 0.6 is 11.3 Å². The number of hydrogen-bond donors (Lipinski definition) is 1. The van der Waals surface area contributed by atoms with E-state index in [0.717, 1.165) is 22.4 Å². The summed E-state index contributed by atoms with van der Waals surface area (Å²) in [5, 5.41) is 5.00. The van der Waals surface area contributed by atoms with Crippen LogP contribution in [0, 0.1) is 19.7 Å². The van der Waals surface area contributed by atoms with Crippen LogP contribution in [-0.2, 0) is 6.54 Å². The Hall–Kier alpha value is -3.65. The molecular formula is C23H19FN4O2S. The molecule has 0 aliphatic rings. The summed E-state index contributed by atoms with van der Waals surface area (Å²) in [7, 11) is 0. The summed E-state index contributed by atoms with van der Waals surface area (Å²) in [6.45, 7) is 4.28. The number of aromatic nitrogens is 3. The summed E-state index contributed by atoms with van der Waals surface area (Å²) in [5.41, 5.74) is 4.33. The number of nitrogens with one attached hydrogen (secondary N) is 1. The average molecular weight is 434 g/mol. The van der Waals surface area contributed by atoms with Crippen molar-refractivity contribution >= 4 is 22.4 Å². The van der Waals surface area contributed by atoms with E-state index >= 15 is 0 Å². The van der Waals surface area contributed by atoms with Gasteiger partial charge in [-0.05, 0) is 54.8 Å². The van der Waals surface area contributed by atoms with E-state index in [-0.39, 0.29) is 16.9 Å². The fraction of sp³-hybridized carbons (Fsp3) is 0.130. The van der Waals surface area contributed by atoms with Crippen LogP contribution in [-0.4, -0.2) is 20.4 Å². The first-order chi connectivity index (χ1) is 14.9. The molecule has 0 aliphatic carbocycles. The van der Waals surface area contributed by atoms with Crippen LogP contribution in [0.3, 0.4) is 0 Å². The fourth-order valence-corrected chi connectivity index (χ4v) is 3.76. The average Bonchev–Trinajstić information content (AvgIpc) is 3.21. The summed E-state index contributed by atoms with van der Waals surface area (Å²) in [6, 6.07) is 10.7. The van der Waals surface area contributed by atoms with Gasteiger partial charge in [0.15, 0.2) is 5.13 Å². The maximum atomic E-state index is 13.0. The molecule has 6 nitrogen and oxygen atoms in total. The molecule has 4 rings (SSSR count). The smallest absolute Gasteiger partial charge is 0.257 e. The maximum absolute atomic E-state index is 13.0. The van der Waals surface area contributed by atoms with Gasteiger partial charge in [-0.15, -0.1) is 11.3 Å². The highest BCUT2D eigenvalue weighted by Gasteiger charge is 2.13. The molecule has 0 saturated heterocycles. The Kier molecular flexibility index (Phi) is 5.73. The highest BCUT2D eigenvalue weighted by molar-refractivity contribution is 7.14. The molecule has 0 atom stereocenters. The second-order valence-electron chi connectivity index (χ2n) is 7.10. The Morgan fingerprint density at radius 3 is 2.68 bits per heavy atom. The van der Waals surface area contributed by atoms with Crippen LogP contribution in [0.25, 0.3) is 11.4 Å². The molecule has 8 heteroatoms. The van der Waals surface area contributed by atoms with E-state index in [9.17, 15) is 14.0 Å². The lowest BCUT2D eigenvalue weighted by Gasteiger charge is -2.07. The highest BCUT2D eigenvalue weighted by atomic mass is 32.1. The van der Waals surface area contributed by atoms with E-state index in [4.69, 9.17) is 0 Å². The number of carbonyl (C=O) groups excluding carboxylic acids is 1. The lowest BCUT2D eigenvalue weighted by molar-refractivity contribution is 0.102. The highest BCUT2D eigenvalue weighted by Crippen LogP contribution is 2.27. The topological polar surface area (TPSA) is 76.9 Å². The Labute approximate surface area is 182 Å². The molecule has 3 aromatic heterocycles. The van der Waals surface area contributed by atoms with Gasteiger partial charge in [0.25, 0.3) is 11.5 Å². The largest absolute Gasteiger partial charge is 0.311 e. The molecular weight excluding hydrogens is 415 g/mol. The third kappa shape index (κ3) is 4.59. The zero-order valence-electron chi connectivity index (χ0n) is 16.9. The second-order valence-corrected chi connectivity index (χ2v) is 7.96. The number of pyridine rings is 2. The van der Waals surface area contributed by atoms with Crippen LogP contribution in [0.2, 0.25) is 0 Å². The summed E-state index contributed by atoms with van der Waals surface area (Å²) >= 11 is 1.30. The predicted octanol–water partition coefficient (Wildman–Crippen LogP) is 4.42. The Morgan fingerprint density at radius 2 is 1.94 bits per heavy atom. The number of nitrogens with zero attached hydrogens (tertiary/aromatic N) is 3. The van der Waals surface area contributed by atoms with E-state index in [1.165, 1.54) is 34.1 Å². The second kappa shape index (κ2) is 8.61. The monoisotopic (exact) mass is 434 g/mol. The molecule has 4 aromatic rings. The number of anilines is 1. The number of carbonyl (C=O) groups is 1. The number of hydrogen-bond acceptors (Lipinski definition) is 5. The number of amides is 1. The molecule has 0 spiro atoms. The third-order valence-corrected chi connectivity index (χ3v) is 5.72. The Bertz CT molecular complexity index is 1310. The normalized spacial score (nSPS) is 10.8. The first-order valence-electron chi connectivity index (χ1n) is 9.55. The minimum Gasteiger partial charge on any atom is -0.311 e. The van der Waals surface area contributed by atoms with Crippen molar-refractivity contribution in [2.24, 2.45) is 0 Å². The van der Waals surface area contributed by atoms with Crippen molar-refractivity contribution < 1.29 is 9.18 Å². The van der Waals surface area contributed by atoms with Gasteiger partial charge in [0.2, 0.25) is 0 Å². The number of benzene rings is 1. The molecule has 31 heavy (non-hydrogen) atoms. The van der Waals surface area contributed by atoms with Crippen molar-refractivity contribution in [3.63, 3.8) is 0 Å². The SMILES string of the molecule is Cc1ccnc(-c2csc(NC(=O)c3ccn(Cc4ccc(F)cc4)c(=O)c3)n2)c1C. The van der Waals surface area contributed by atoms with Crippen molar-refractivity contribution in [2.45, 2.75) is 20.4 Å². The van der Waals surface area contributed by atoms with E-state index in [1.807, 2.05) is 25.3 Å². The zero-order valence-corrected chi connectivity index (χ0v) is 17.7. The van der Waals surface area contributed by atoms with Gasteiger partial charge in [0.05, 0.1) is 12.2 Å². The number of aryl methyl sites for hydroxylation is 1. The first-order valence-corrected chi connectivity index (χ1v) is 10.4. The molecule has 0 radical (unpaired) electrons. The van der Waals surface area contributed by atoms with Gasteiger partial charge in [-0.25, -0.2) is 9.37 Å².